The van der Waals surface area contributed by atoms with Gasteiger partial charge in [0.2, 0.25) is 0 Å². The Hall–Kier alpha value is -0.330. The third-order valence-corrected chi connectivity index (χ3v) is 4.40. The van der Waals surface area contributed by atoms with E-state index in [4.69, 9.17) is 0 Å². The summed E-state index contributed by atoms with van der Waals surface area (Å²) in [5.74, 6) is 2.52. The van der Waals surface area contributed by atoms with E-state index in [9.17, 15) is 4.79 Å². The maximum atomic E-state index is 10.4. The summed E-state index contributed by atoms with van der Waals surface area (Å²) >= 11 is 0. The molecule has 3 fully saturated rings. The van der Waals surface area contributed by atoms with E-state index in [0.717, 1.165) is 24.5 Å². The van der Waals surface area contributed by atoms with Gasteiger partial charge in [-0.2, -0.15) is 0 Å². The molecule has 3 aliphatic rings. The Balaban J connectivity index is 2.05. The van der Waals surface area contributed by atoms with Crippen molar-refractivity contribution in [3.05, 3.63) is 0 Å². The number of carbonyl (C=O) groups excluding carboxylic acids is 1. The van der Waals surface area contributed by atoms with Gasteiger partial charge in [0.15, 0.2) is 0 Å². The van der Waals surface area contributed by atoms with Crippen LogP contribution in [0.2, 0.25) is 0 Å². The molecule has 12 heavy (non-hydrogen) atoms. The van der Waals surface area contributed by atoms with Gasteiger partial charge in [0.05, 0.1) is 0 Å². The van der Waals surface area contributed by atoms with Gasteiger partial charge in [-0.15, -0.1) is 0 Å². The van der Waals surface area contributed by atoms with E-state index >= 15 is 0 Å². The molecule has 1 heteroatoms. The van der Waals surface area contributed by atoms with Crippen molar-refractivity contribution in [3.63, 3.8) is 0 Å². The van der Waals surface area contributed by atoms with E-state index in [1.807, 2.05) is 0 Å². The Morgan fingerprint density at radius 1 is 1.42 bits per heavy atom. The molecule has 0 aromatic carbocycles. The van der Waals surface area contributed by atoms with Crippen LogP contribution in [0.15, 0.2) is 0 Å². The summed E-state index contributed by atoms with van der Waals surface area (Å²) in [6.45, 7) is 4.76. The predicted molar refractivity (Wildman–Crippen MR) is 48.8 cm³/mol. The molecule has 68 valence electrons. The number of hydrogen-bond donors (Lipinski definition) is 0. The summed E-state index contributed by atoms with van der Waals surface area (Å²) in [6, 6.07) is 0. The quantitative estimate of drug-likeness (QED) is 0.576. The molecular weight excluding hydrogens is 148 g/mol. The fraction of sp³-hybridized carbons (Fsp3) is 0.909. The Kier molecular flexibility index (Phi) is 1.78. The number of fused-ring (bicyclic) bond motifs is 2. The number of carbonyl (C=O) groups is 1. The molecule has 0 spiro atoms. The first-order valence-corrected chi connectivity index (χ1v) is 5.10. The molecular formula is C11H18O. The van der Waals surface area contributed by atoms with Crippen LogP contribution in [-0.4, -0.2) is 6.29 Å². The van der Waals surface area contributed by atoms with Crippen LogP contribution in [0.5, 0.6) is 0 Å². The van der Waals surface area contributed by atoms with Gasteiger partial charge < -0.3 is 4.79 Å². The minimum absolute atomic E-state index is 0.548. The van der Waals surface area contributed by atoms with Crippen molar-refractivity contribution in [3.8, 4) is 0 Å². The topological polar surface area (TPSA) is 17.1 Å². The molecule has 0 amide bonds. The van der Waals surface area contributed by atoms with Gasteiger partial charge in [-0.25, -0.2) is 0 Å². The number of aldehydes is 1. The zero-order valence-corrected chi connectivity index (χ0v) is 8.05. The lowest BCUT2D eigenvalue weighted by Gasteiger charge is -2.60. The van der Waals surface area contributed by atoms with Crippen LogP contribution in [0.3, 0.4) is 0 Å². The van der Waals surface area contributed by atoms with Gasteiger partial charge in [-0.1, -0.05) is 13.8 Å². The molecule has 0 saturated heterocycles. The van der Waals surface area contributed by atoms with Crippen molar-refractivity contribution in [1.29, 1.82) is 0 Å². The second kappa shape index (κ2) is 2.58. The summed E-state index contributed by atoms with van der Waals surface area (Å²) in [6.07, 6.45) is 5.98. The minimum atomic E-state index is 0.548. The maximum absolute atomic E-state index is 10.4. The molecule has 3 saturated carbocycles. The van der Waals surface area contributed by atoms with Crippen LogP contribution in [-0.2, 0) is 4.79 Å². The van der Waals surface area contributed by atoms with Crippen LogP contribution >= 0.6 is 0 Å². The molecule has 2 bridgehead atoms. The molecule has 0 radical (unpaired) electrons. The van der Waals surface area contributed by atoms with E-state index in [1.54, 1.807) is 0 Å². The van der Waals surface area contributed by atoms with Crippen LogP contribution in [0, 0.1) is 23.2 Å². The highest BCUT2D eigenvalue weighted by Gasteiger charge is 2.53. The third kappa shape index (κ3) is 0.949. The highest BCUT2D eigenvalue weighted by Crippen LogP contribution is 2.61. The third-order valence-electron chi connectivity index (χ3n) is 4.40. The predicted octanol–water partition coefficient (Wildman–Crippen LogP) is 2.65. The van der Waals surface area contributed by atoms with E-state index in [0.29, 0.717) is 11.3 Å². The van der Waals surface area contributed by atoms with Crippen LogP contribution in [0.4, 0.5) is 0 Å². The van der Waals surface area contributed by atoms with Crippen molar-refractivity contribution < 1.29 is 4.79 Å². The second-order valence-electron chi connectivity index (χ2n) is 5.10. The fourth-order valence-corrected chi connectivity index (χ4v) is 3.37. The Bertz CT molecular complexity index is 193. The highest BCUT2D eigenvalue weighted by molar-refractivity contribution is 5.50. The lowest BCUT2D eigenvalue weighted by molar-refractivity contribution is -0.122. The summed E-state index contributed by atoms with van der Waals surface area (Å²) in [5, 5.41) is 0. The Labute approximate surface area is 74.5 Å². The monoisotopic (exact) mass is 166 g/mol. The first-order valence-electron chi connectivity index (χ1n) is 5.10. The number of hydrogen-bond acceptors (Lipinski definition) is 1. The Morgan fingerprint density at radius 3 is 2.67 bits per heavy atom. The highest BCUT2D eigenvalue weighted by atomic mass is 16.1. The zero-order chi connectivity index (χ0) is 8.77. The molecule has 0 aromatic heterocycles. The van der Waals surface area contributed by atoms with Crippen LogP contribution < -0.4 is 0 Å². The summed E-state index contributed by atoms with van der Waals surface area (Å²) < 4.78 is 0. The van der Waals surface area contributed by atoms with Crippen molar-refractivity contribution in [1.82, 2.24) is 0 Å². The average Bonchev–Trinajstić information content (AvgIpc) is 2.05. The van der Waals surface area contributed by atoms with Gasteiger partial charge in [0, 0.05) is 6.42 Å². The SMILES string of the molecule is CC1(C)[C@@H]2CCC(CC=O)[C@H]1C2. The van der Waals surface area contributed by atoms with Gasteiger partial charge in [0.25, 0.3) is 0 Å². The van der Waals surface area contributed by atoms with Gasteiger partial charge in [0.1, 0.15) is 6.29 Å². The first-order chi connectivity index (χ1) is 5.66. The smallest absolute Gasteiger partial charge is 0.120 e. The zero-order valence-electron chi connectivity index (χ0n) is 8.05. The van der Waals surface area contributed by atoms with E-state index in [-0.39, 0.29) is 0 Å². The molecule has 3 atom stereocenters. The van der Waals surface area contributed by atoms with Gasteiger partial charge in [-0.05, 0) is 42.4 Å². The van der Waals surface area contributed by atoms with Gasteiger partial charge in [-0.3, -0.25) is 0 Å². The van der Waals surface area contributed by atoms with Crippen molar-refractivity contribution in [2.45, 2.75) is 39.5 Å². The standard InChI is InChI=1S/C11H18O/c1-11(2)9-4-3-8(5-6-12)10(11)7-9/h6,8-10H,3-5,7H2,1-2H3/t8?,9-,10-/m1/s1. The summed E-state index contributed by atoms with van der Waals surface area (Å²) in [4.78, 5) is 10.4. The average molecular weight is 166 g/mol. The van der Waals surface area contributed by atoms with Crippen molar-refractivity contribution >= 4 is 6.29 Å². The van der Waals surface area contributed by atoms with Crippen LogP contribution in [0.25, 0.3) is 0 Å². The second-order valence-corrected chi connectivity index (χ2v) is 5.10. The molecule has 3 rings (SSSR count). The fourth-order valence-electron chi connectivity index (χ4n) is 3.37. The maximum Gasteiger partial charge on any atom is 0.120 e. The van der Waals surface area contributed by atoms with Gasteiger partial charge >= 0.3 is 0 Å². The number of rotatable bonds is 2. The van der Waals surface area contributed by atoms with E-state index < -0.39 is 0 Å². The molecule has 1 nitrogen and oxygen atoms in total. The Morgan fingerprint density at radius 2 is 2.17 bits per heavy atom. The summed E-state index contributed by atoms with van der Waals surface area (Å²) in [5.41, 5.74) is 0.548. The normalized spacial score (nSPS) is 43.3. The lowest BCUT2D eigenvalue weighted by Crippen LogP contribution is -2.52. The molecule has 1 unspecified atom stereocenters. The molecule has 0 N–H and O–H groups in total. The first kappa shape index (κ1) is 8.28. The minimum Gasteiger partial charge on any atom is -0.303 e. The van der Waals surface area contributed by atoms with E-state index in [2.05, 4.69) is 13.8 Å². The molecule has 0 aliphatic heterocycles. The molecule has 0 heterocycles. The van der Waals surface area contributed by atoms with Crippen molar-refractivity contribution in [2.24, 2.45) is 23.2 Å². The summed E-state index contributed by atoms with van der Waals surface area (Å²) in [7, 11) is 0. The lowest BCUT2D eigenvalue weighted by atomic mass is 9.45. The molecule has 3 aliphatic carbocycles. The molecule has 0 aromatic rings. The van der Waals surface area contributed by atoms with Crippen molar-refractivity contribution in [2.75, 3.05) is 0 Å². The largest absolute Gasteiger partial charge is 0.303 e. The van der Waals surface area contributed by atoms with E-state index in [1.165, 1.54) is 19.3 Å². The van der Waals surface area contributed by atoms with Crippen LogP contribution in [0.1, 0.15) is 39.5 Å².